The Balaban J connectivity index is 2.75. The number of pyridine rings is 1. The SMILES string of the molecule is CCOC(=O)c1c(O)c2cc(F)ccc2[nH]c1=O. The number of carbonyl (C=O) groups excluding carboxylic acids is 1. The number of aromatic nitrogens is 1. The number of carbonyl (C=O) groups is 1. The lowest BCUT2D eigenvalue weighted by molar-refractivity contribution is 0.0521. The largest absolute Gasteiger partial charge is 0.506 e. The molecular formula is C12H10FNO4. The molecule has 1 aromatic heterocycles. The molecule has 94 valence electrons. The van der Waals surface area contributed by atoms with Gasteiger partial charge >= 0.3 is 5.97 Å². The van der Waals surface area contributed by atoms with Gasteiger partial charge in [0.15, 0.2) is 5.56 Å². The number of ether oxygens (including phenoxy) is 1. The molecule has 0 bridgehead atoms. The maximum atomic E-state index is 13.1. The van der Waals surface area contributed by atoms with Gasteiger partial charge in [-0.15, -0.1) is 0 Å². The van der Waals surface area contributed by atoms with Gasteiger partial charge in [0.05, 0.1) is 12.1 Å². The molecule has 0 spiro atoms. The van der Waals surface area contributed by atoms with Crippen molar-refractivity contribution in [3.63, 3.8) is 0 Å². The fourth-order valence-corrected chi connectivity index (χ4v) is 1.64. The standard InChI is InChI=1S/C12H10FNO4/c1-2-18-12(17)9-10(15)7-5-6(13)3-4-8(7)14-11(9)16/h3-5H,2H2,1H3,(H2,14,15,16). The lowest BCUT2D eigenvalue weighted by atomic mass is 10.1. The van der Waals surface area contributed by atoms with Gasteiger partial charge in [0.25, 0.3) is 5.56 Å². The maximum absolute atomic E-state index is 13.1. The molecule has 0 aliphatic carbocycles. The first kappa shape index (κ1) is 12.1. The van der Waals surface area contributed by atoms with Crippen molar-refractivity contribution in [2.45, 2.75) is 6.92 Å². The van der Waals surface area contributed by atoms with Gasteiger partial charge in [-0.3, -0.25) is 4.79 Å². The van der Waals surface area contributed by atoms with Gasteiger partial charge in [0.2, 0.25) is 0 Å². The van der Waals surface area contributed by atoms with Crippen molar-refractivity contribution >= 4 is 16.9 Å². The number of H-pyrrole nitrogens is 1. The Morgan fingerprint density at radius 3 is 2.89 bits per heavy atom. The normalized spacial score (nSPS) is 10.6. The van der Waals surface area contributed by atoms with Crippen LogP contribution in [-0.2, 0) is 4.74 Å². The lowest BCUT2D eigenvalue weighted by Crippen LogP contribution is -2.20. The minimum Gasteiger partial charge on any atom is -0.506 e. The average Bonchev–Trinajstić information content (AvgIpc) is 2.31. The van der Waals surface area contributed by atoms with Crippen molar-refractivity contribution in [2.24, 2.45) is 0 Å². The second-order valence-electron chi connectivity index (χ2n) is 3.59. The van der Waals surface area contributed by atoms with Crippen LogP contribution in [0.15, 0.2) is 23.0 Å². The summed E-state index contributed by atoms with van der Waals surface area (Å²) in [6.07, 6.45) is 0. The highest BCUT2D eigenvalue weighted by atomic mass is 19.1. The Morgan fingerprint density at radius 2 is 2.22 bits per heavy atom. The van der Waals surface area contributed by atoms with E-state index in [1.165, 1.54) is 6.07 Å². The van der Waals surface area contributed by atoms with Gasteiger partial charge in [-0.05, 0) is 25.1 Å². The van der Waals surface area contributed by atoms with Gasteiger partial charge in [-0.25, -0.2) is 9.18 Å². The molecule has 2 N–H and O–H groups in total. The van der Waals surface area contributed by atoms with Gasteiger partial charge in [0.1, 0.15) is 11.6 Å². The van der Waals surface area contributed by atoms with Crippen molar-refractivity contribution in [1.82, 2.24) is 4.98 Å². The van der Waals surface area contributed by atoms with Crippen LogP contribution in [-0.4, -0.2) is 22.7 Å². The Hall–Kier alpha value is -2.37. The van der Waals surface area contributed by atoms with E-state index >= 15 is 0 Å². The van der Waals surface area contributed by atoms with Crippen LogP contribution in [0.5, 0.6) is 5.75 Å². The van der Waals surface area contributed by atoms with Crippen LogP contribution < -0.4 is 5.56 Å². The number of aromatic hydroxyl groups is 1. The molecule has 2 aromatic rings. The molecule has 0 aliphatic heterocycles. The number of hydrogen-bond donors (Lipinski definition) is 2. The van der Waals surface area contributed by atoms with Crippen molar-refractivity contribution in [1.29, 1.82) is 0 Å². The van der Waals surface area contributed by atoms with E-state index in [0.29, 0.717) is 0 Å². The molecule has 1 aromatic carbocycles. The highest BCUT2D eigenvalue weighted by Gasteiger charge is 2.20. The number of hydrogen-bond acceptors (Lipinski definition) is 4. The number of esters is 1. The summed E-state index contributed by atoms with van der Waals surface area (Å²) in [6, 6.07) is 3.48. The number of benzene rings is 1. The molecule has 0 amide bonds. The number of aromatic amines is 1. The van der Waals surface area contributed by atoms with Crippen LogP contribution >= 0.6 is 0 Å². The Labute approximate surface area is 101 Å². The average molecular weight is 251 g/mol. The molecule has 0 aliphatic rings. The van der Waals surface area contributed by atoms with Gasteiger partial charge < -0.3 is 14.8 Å². The third-order valence-corrected chi connectivity index (χ3v) is 2.43. The fourth-order valence-electron chi connectivity index (χ4n) is 1.64. The zero-order valence-electron chi connectivity index (χ0n) is 9.49. The summed E-state index contributed by atoms with van der Waals surface area (Å²) in [7, 11) is 0. The third kappa shape index (κ3) is 1.92. The minimum atomic E-state index is -0.942. The van der Waals surface area contributed by atoms with Crippen molar-refractivity contribution in [3.05, 3.63) is 39.9 Å². The predicted molar refractivity (Wildman–Crippen MR) is 62.1 cm³/mol. The van der Waals surface area contributed by atoms with Crippen LogP contribution in [0.4, 0.5) is 4.39 Å². The van der Waals surface area contributed by atoms with E-state index in [1.807, 2.05) is 0 Å². The molecule has 18 heavy (non-hydrogen) atoms. The predicted octanol–water partition coefficient (Wildman–Crippen LogP) is 1.55. The van der Waals surface area contributed by atoms with E-state index in [-0.39, 0.29) is 17.5 Å². The number of fused-ring (bicyclic) bond motifs is 1. The summed E-state index contributed by atoms with van der Waals surface area (Å²) < 4.78 is 17.7. The quantitative estimate of drug-likeness (QED) is 0.793. The zero-order chi connectivity index (χ0) is 13.3. The van der Waals surface area contributed by atoms with Crippen LogP contribution in [0.25, 0.3) is 10.9 Å². The van der Waals surface area contributed by atoms with Crippen LogP contribution in [0, 0.1) is 5.82 Å². The minimum absolute atomic E-state index is 0.0534. The van der Waals surface area contributed by atoms with Gasteiger partial charge in [0, 0.05) is 5.39 Å². The summed E-state index contributed by atoms with van der Waals surface area (Å²) in [5.41, 5.74) is -1.05. The molecule has 0 unspecified atom stereocenters. The first-order valence-electron chi connectivity index (χ1n) is 5.26. The molecule has 2 rings (SSSR count). The summed E-state index contributed by atoms with van der Waals surface area (Å²) in [5, 5.41) is 9.92. The first-order valence-corrected chi connectivity index (χ1v) is 5.26. The highest BCUT2D eigenvalue weighted by Crippen LogP contribution is 2.25. The van der Waals surface area contributed by atoms with E-state index in [0.717, 1.165) is 12.1 Å². The van der Waals surface area contributed by atoms with E-state index in [4.69, 9.17) is 0 Å². The second-order valence-corrected chi connectivity index (χ2v) is 3.59. The van der Waals surface area contributed by atoms with Crippen molar-refractivity contribution in [3.8, 4) is 5.75 Å². The summed E-state index contributed by atoms with van der Waals surface area (Å²) >= 11 is 0. The molecule has 1 heterocycles. The smallest absolute Gasteiger partial charge is 0.347 e. The van der Waals surface area contributed by atoms with E-state index in [1.54, 1.807) is 6.92 Å². The molecule has 5 nitrogen and oxygen atoms in total. The summed E-state index contributed by atoms with van der Waals surface area (Å²) in [4.78, 5) is 25.5. The third-order valence-electron chi connectivity index (χ3n) is 2.43. The van der Waals surface area contributed by atoms with E-state index < -0.39 is 28.7 Å². The number of halogens is 1. The summed E-state index contributed by atoms with van der Waals surface area (Å²) in [5.74, 6) is -2.10. The number of nitrogens with one attached hydrogen (secondary N) is 1. The Bertz CT molecular complexity index is 678. The monoisotopic (exact) mass is 251 g/mol. The Kier molecular flexibility index (Phi) is 3.01. The topological polar surface area (TPSA) is 79.4 Å². The van der Waals surface area contributed by atoms with E-state index in [9.17, 15) is 19.1 Å². The lowest BCUT2D eigenvalue weighted by Gasteiger charge is -2.06. The molecule has 6 heteroatoms. The van der Waals surface area contributed by atoms with Crippen LogP contribution in [0.1, 0.15) is 17.3 Å². The first-order chi connectivity index (χ1) is 8.54. The Morgan fingerprint density at radius 1 is 1.50 bits per heavy atom. The molecule has 0 radical (unpaired) electrons. The fraction of sp³-hybridized carbons (Fsp3) is 0.167. The number of rotatable bonds is 2. The van der Waals surface area contributed by atoms with Gasteiger partial charge in [-0.2, -0.15) is 0 Å². The van der Waals surface area contributed by atoms with E-state index in [2.05, 4.69) is 9.72 Å². The van der Waals surface area contributed by atoms with Crippen LogP contribution in [0.3, 0.4) is 0 Å². The maximum Gasteiger partial charge on any atom is 0.347 e. The zero-order valence-corrected chi connectivity index (χ0v) is 9.49. The van der Waals surface area contributed by atoms with Crippen molar-refractivity contribution in [2.75, 3.05) is 6.61 Å². The molecular weight excluding hydrogens is 241 g/mol. The highest BCUT2D eigenvalue weighted by molar-refractivity contribution is 5.99. The molecule has 0 saturated carbocycles. The van der Waals surface area contributed by atoms with Crippen molar-refractivity contribution < 1.29 is 19.0 Å². The molecule has 0 saturated heterocycles. The molecule has 0 fully saturated rings. The second kappa shape index (κ2) is 4.48. The summed E-state index contributed by atoms with van der Waals surface area (Å²) in [6.45, 7) is 1.64. The molecule has 0 atom stereocenters. The van der Waals surface area contributed by atoms with Crippen LogP contribution in [0.2, 0.25) is 0 Å². The van der Waals surface area contributed by atoms with Gasteiger partial charge in [-0.1, -0.05) is 0 Å².